The number of hydrogen-bond donors (Lipinski definition) is 0. The predicted molar refractivity (Wildman–Crippen MR) is 123 cm³/mol. The van der Waals surface area contributed by atoms with Crippen molar-refractivity contribution in [1.29, 1.82) is 0 Å². The first-order valence-electron chi connectivity index (χ1n) is 12.2. The molecule has 0 aromatic heterocycles. The van der Waals surface area contributed by atoms with Crippen LogP contribution in [-0.2, 0) is 19.1 Å². The second-order valence-electron chi connectivity index (χ2n) is 8.83. The molecule has 1 aliphatic rings. The van der Waals surface area contributed by atoms with Crippen LogP contribution in [0.1, 0.15) is 92.4 Å². The maximum absolute atomic E-state index is 12.9. The van der Waals surface area contributed by atoms with Crippen LogP contribution in [0.5, 0.6) is 0 Å². The molecule has 0 radical (unpaired) electrons. The van der Waals surface area contributed by atoms with Gasteiger partial charge in [0, 0.05) is 0 Å². The minimum Gasteiger partial charge on any atom is -0.465 e. The van der Waals surface area contributed by atoms with E-state index in [0.29, 0.717) is 37.0 Å². The minimum absolute atomic E-state index is 0.208. The second kappa shape index (κ2) is 15.3. The van der Waals surface area contributed by atoms with Crippen molar-refractivity contribution in [3.8, 4) is 0 Å². The summed E-state index contributed by atoms with van der Waals surface area (Å²) < 4.78 is 11.4. The van der Waals surface area contributed by atoms with Crippen LogP contribution in [0.2, 0.25) is 0 Å². The molecule has 0 amide bonds. The molecule has 1 rings (SSSR count). The summed E-state index contributed by atoms with van der Waals surface area (Å²) in [5.74, 6) is -0.242. The largest absolute Gasteiger partial charge is 0.465 e. The van der Waals surface area contributed by atoms with E-state index in [9.17, 15) is 9.59 Å². The van der Waals surface area contributed by atoms with Crippen LogP contribution in [0.3, 0.4) is 0 Å². The van der Waals surface area contributed by atoms with E-state index in [2.05, 4.69) is 34.6 Å². The van der Waals surface area contributed by atoms with Crippen molar-refractivity contribution in [3.63, 3.8) is 0 Å². The Balaban J connectivity index is 2.75. The topological polar surface area (TPSA) is 52.6 Å². The van der Waals surface area contributed by atoms with E-state index in [1.165, 1.54) is 0 Å². The smallest absolute Gasteiger partial charge is 0.334 e. The molecule has 4 heteroatoms. The third-order valence-corrected chi connectivity index (χ3v) is 6.22. The highest BCUT2D eigenvalue weighted by Crippen LogP contribution is 2.28. The van der Waals surface area contributed by atoms with Gasteiger partial charge in [0.15, 0.2) is 0 Å². The van der Waals surface area contributed by atoms with E-state index in [4.69, 9.17) is 9.47 Å². The molecule has 0 aromatic rings. The molecule has 4 nitrogen and oxygen atoms in total. The lowest BCUT2D eigenvalue weighted by Crippen LogP contribution is -2.28. The molecular weight excluding hydrogens is 376 g/mol. The Morgan fingerprint density at radius 2 is 1.53 bits per heavy atom. The summed E-state index contributed by atoms with van der Waals surface area (Å²) in [4.78, 5) is 25.8. The first-order chi connectivity index (χ1) is 14.5. The first-order valence-corrected chi connectivity index (χ1v) is 12.2. The molecule has 1 aliphatic carbocycles. The lowest BCUT2D eigenvalue weighted by atomic mass is 9.90. The summed E-state index contributed by atoms with van der Waals surface area (Å²) in [5.41, 5.74) is 0.438. The van der Waals surface area contributed by atoms with Gasteiger partial charge in [-0.2, -0.15) is 0 Å². The molecule has 30 heavy (non-hydrogen) atoms. The Labute approximate surface area is 184 Å². The minimum atomic E-state index is -0.554. The molecule has 172 valence electrons. The van der Waals surface area contributed by atoms with Gasteiger partial charge in [0.25, 0.3) is 0 Å². The standard InChI is InChI=1S/C26H44O4/c1-6-10-14-21(8-3)18-29-25(27)23-16-12-13-20(5)17-24(23)26(28)30-19-22(9-4)15-11-7-2/h12-13,16,20-22,24H,6-11,14-15,17-19H2,1-5H3. The predicted octanol–water partition coefficient (Wildman–Crippen LogP) is 6.64. The summed E-state index contributed by atoms with van der Waals surface area (Å²) >= 11 is 0. The summed E-state index contributed by atoms with van der Waals surface area (Å²) in [6, 6.07) is 0. The maximum atomic E-state index is 12.9. The van der Waals surface area contributed by atoms with E-state index < -0.39 is 5.92 Å². The van der Waals surface area contributed by atoms with Crippen LogP contribution in [0.4, 0.5) is 0 Å². The zero-order valence-electron chi connectivity index (χ0n) is 20.0. The number of allylic oxidation sites excluding steroid dienone is 3. The molecule has 0 aliphatic heterocycles. The summed E-state index contributed by atoms with van der Waals surface area (Å²) in [7, 11) is 0. The SMILES string of the molecule is CCCCC(CC)COC(=O)C1=CC=CC(C)CC1C(=O)OCC(CC)CCCC. The van der Waals surface area contributed by atoms with Gasteiger partial charge in [-0.1, -0.05) is 91.4 Å². The highest BCUT2D eigenvalue weighted by molar-refractivity contribution is 5.96. The van der Waals surface area contributed by atoms with Crippen molar-refractivity contribution >= 4 is 11.9 Å². The zero-order chi connectivity index (χ0) is 22.4. The van der Waals surface area contributed by atoms with Gasteiger partial charge in [0.1, 0.15) is 0 Å². The average molecular weight is 421 g/mol. The number of unbranched alkanes of at least 4 members (excludes halogenated alkanes) is 2. The van der Waals surface area contributed by atoms with E-state index in [1.54, 1.807) is 6.08 Å². The molecule has 0 saturated carbocycles. The number of rotatable bonds is 14. The Bertz CT molecular complexity index is 563. The van der Waals surface area contributed by atoms with E-state index in [0.717, 1.165) is 51.4 Å². The van der Waals surface area contributed by atoms with Crippen LogP contribution in [-0.4, -0.2) is 25.2 Å². The third kappa shape index (κ3) is 9.49. The van der Waals surface area contributed by atoms with Crippen LogP contribution in [0, 0.1) is 23.7 Å². The molecule has 0 N–H and O–H groups in total. The lowest BCUT2D eigenvalue weighted by Gasteiger charge is -2.22. The fourth-order valence-electron chi connectivity index (χ4n) is 3.85. The van der Waals surface area contributed by atoms with Crippen molar-refractivity contribution in [2.75, 3.05) is 13.2 Å². The fraction of sp³-hybridized carbons (Fsp3) is 0.769. The highest BCUT2D eigenvalue weighted by Gasteiger charge is 2.32. The Hall–Kier alpha value is -1.58. The van der Waals surface area contributed by atoms with Crippen LogP contribution in [0.15, 0.2) is 23.8 Å². The second-order valence-corrected chi connectivity index (χ2v) is 8.83. The molecule has 4 atom stereocenters. The van der Waals surface area contributed by atoms with Gasteiger partial charge in [-0.15, -0.1) is 0 Å². The van der Waals surface area contributed by atoms with Crippen molar-refractivity contribution in [2.24, 2.45) is 23.7 Å². The number of carbonyl (C=O) groups is 2. The Morgan fingerprint density at radius 1 is 0.967 bits per heavy atom. The van der Waals surface area contributed by atoms with E-state index in [-0.39, 0.29) is 17.9 Å². The maximum Gasteiger partial charge on any atom is 0.334 e. The van der Waals surface area contributed by atoms with Gasteiger partial charge in [0.2, 0.25) is 0 Å². The van der Waals surface area contributed by atoms with Gasteiger partial charge in [0.05, 0.1) is 24.7 Å². The fourth-order valence-corrected chi connectivity index (χ4v) is 3.85. The van der Waals surface area contributed by atoms with Gasteiger partial charge >= 0.3 is 11.9 Å². The summed E-state index contributed by atoms with van der Waals surface area (Å²) in [6.07, 6.45) is 14.9. The van der Waals surface area contributed by atoms with Gasteiger partial charge in [-0.05, 0) is 37.0 Å². The van der Waals surface area contributed by atoms with Crippen molar-refractivity contribution in [1.82, 2.24) is 0 Å². The van der Waals surface area contributed by atoms with Crippen LogP contribution in [0.25, 0.3) is 0 Å². The average Bonchev–Trinajstić information content (AvgIpc) is 2.95. The molecule has 0 aromatic carbocycles. The molecule has 0 spiro atoms. The molecule has 0 fully saturated rings. The van der Waals surface area contributed by atoms with Crippen molar-refractivity contribution in [2.45, 2.75) is 92.4 Å². The van der Waals surface area contributed by atoms with Gasteiger partial charge < -0.3 is 9.47 Å². The van der Waals surface area contributed by atoms with Crippen LogP contribution >= 0.6 is 0 Å². The van der Waals surface area contributed by atoms with Crippen molar-refractivity contribution in [3.05, 3.63) is 23.8 Å². The Morgan fingerprint density at radius 3 is 2.07 bits per heavy atom. The third-order valence-electron chi connectivity index (χ3n) is 6.22. The molecule has 0 heterocycles. The Kier molecular flexibility index (Phi) is 13.5. The highest BCUT2D eigenvalue weighted by atomic mass is 16.5. The quantitative estimate of drug-likeness (QED) is 0.295. The van der Waals surface area contributed by atoms with Crippen molar-refractivity contribution < 1.29 is 19.1 Å². The molecule has 0 bridgehead atoms. The number of esters is 2. The molecule has 4 unspecified atom stereocenters. The first kappa shape index (κ1) is 26.5. The number of hydrogen-bond acceptors (Lipinski definition) is 4. The molecule has 0 saturated heterocycles. The summed E-state index contributed by atoms with van der Waals surface area (Å²) in [5, 5.41) is 0. The van der Waals surface area contributed by atoms with E-state index in [1.807, 2.05) is 12.2 Å². The van der Waals surface area contributed by atoms with Crippen LogP contribution < -0.4 is 0 Å². The number of carbonyl (C=O) groups excluding carboxylic acids is 2. The number of ether oxygens (including phenoxy) is 2. The van der Waals surface area contributed by atoms with E-state index >= 15 is 0 Å². The normalized spacial score (nSPS) is 20.8. The zero-order valence-corrected chi connectivity index (χ0v) is 20.0. The van der Waals surface area contributed by atoms with Gasteiger partial charge in [-0.25, -0.2) is 4.79 Å². The van der Waals surface area contributed by atoms with Gasteiger partial charge in [-0.3, -0.25) is 4.79 Å². The summed E-state index contributed by atoms with van der Waals surface area (Å²) in [6.45, 7) is 11.5. The molecular formula is C26H44O4. The lowest BCUT2D eigenvalue weighted by molar-refractivity contribution is -0.152. The monoisotopic (exact) mass is 420 g/mol.